The highest BCUT2D eigenvalue weighted by Crippen LogP contribution is 2.36. The van der Waals surface area contributed by atoms with Crippen LogP contribution < -0.4 is 10.1 Å². The molecule has 1 aliphatic heterocycles. The SMILES string of the molecule is COc1cc(Nc2cccc3c2nc(C2CCOCC2)n3C(C)C)ccc1-n1cnc(C)n1. The number of hydrogen-bond acceptors (Lipinski definition) is 6. The molecule has 2 aromatic carbocycles. The van der Waals surface area contributed by atoms with E-state index >= 15 is 0 Å². The second-order valence-electron chi connectivity index (χ2n) is 8.74. The number of rotatable bonds is 6. The average Bonchev–Trinajstić information content (AvgIpc) is 3.44. The number of anilines is 2. The number of aryl methyl sites for hydroxylation is 1. The first-order valence-corrected chi connectivity index (χ1v) is 11.5. The van der Waals surface area contributed by atoms with E-state index < -0.39 is 0 Å². The molecule has 0 unspecified atom stereocenters. The van der Waals surface area contributed by atoms with Gasteiger partial charge in [0.05, 0.1) is 18.3 Å². The first kappa shape index (κ1) is 21.5. The van der Waals surface area contributed by atoms with Crippen molar-refractivity contribution in [1.82, 2.24) is 24.3 Å². The number of benzene rings is 2. The number of aromatic nitrogens is 5. The van der Waals surface area contributed by atoms with Crippen molar-refractivity contribution in [2.75, 3.05) is 25.6 Å². The van der Waals surface area contributed by atoms with Crippen LogP contribution in [-0.4, -0.2) is 44.6 Å². The molecule has 0 spiro atoms. The molecular formula is C25H30N6O2. The van der Waals surface area contributed by atoms with Gasteiger partial charge in [-0.2, -0.15) is 5.10 Å². The minimum Gasteiger partial charge on any atom is -0.494 e. The van der Waals surface area contributed by atoms with Crippen LogP contribution in [-0.2, 0) is 4.74 Å². The Hall–Kier alpha value is -3.39. The van der Waals surface area contributed by atoms with Gasteiger partial charge >= 0.3 is 0 Å². The zero-order chi connectivity index (χ0) is 22.9. The number of hydrogen-bond donors (Lipinski definition) is 1. The van der Waals surface area contributed by atoms with E-state index in [-0.39, 0.29) is 0 Å². The Labute approximate surface area is 193 Å². The molecule has 0 radical (unpaired) electrons. The Kier molecular flexibility index (Phi) is 5.76. The van der Waals surface area contributed by atoms with Crippen molar-refractivity contribution in [3.8, 4) is 11.4 Å². The second kappa shape index (κ2) is 8.86. The molecule has 3 heterocycles. The van der Waals surface area contributed by atoms with Crippen molar-refractivity contribution in [1.29, 1.82) is 0 Å². The number of ether oxygens (including phenoxy) is 2. The van der Waals surface area contributed by atoms with Crippen LogP contribution in [0.3, 0.4) is 0 Å². The third-order valence-electron chi connectivity index (χ3n) is 6.16. The number of para-hydroxylation sites is 1. The van der Waals surface area contributed by atoms with Crippen molar-refractivity contribution in [3.63, 3.8) is 0 Å². The minimum atomic E-state index is 0.327. The van der Waals surface area contributed by atoms with Gasteiger partial charge in [0, 0.05) is 36.9 Å². The van der Waals surface area contributed by atoms with Crippen LogP contribution >= 0.6 is 0 Å². The molecule has 0 aliphatic carbocycles. The van der Waals surface area contributed by atoms with E-state index in [0.717, 1.165) is 60.0 Å². The van der Waals surface area contributed by atoms with Crippen LogP contribution in [0.1, 0.15) is 50.3 Å². The Morgan fingerprint density at radius 2 is 1.97 bits per heavy atom. The lowest BCUT2D eigenvalue weighted by Crippen LogP contribution is -2.18. The zero-order valence-corrected chi connectivity index (χ0v) is 19.6. The highest BCUT2D eigenvalue weighted by atomic mass is 16.5. The highest BCUT2D eigenvalue weighted by molar-refractivity contribution is 5.91. The van der Waals surface area contributed by atoms with Gasteiger partial charge < -0.3 is 19.4 Å². The standard InChI is InChI=1S/C25H30N6O2/c1-16(2)31-22-7-5-6-20(24(22)28-25(31)18-10-12-33-13-11-18)27-19-8-9-21(23(14-19)32-4)30-15-26-17(3)29-30/h5-9,14-16,18,27H,10-13H2,1-4H3. The van der Waals surface area contributed by atoms with Crippen molar-refractivity contribution in [2.24, 2.45) is 0 Å². The first-order chi connectivity index (χ1) is 16.0. The lowest BCUT2D eigenvalue weighted by atomic mass is 9.99. The van der Waals surface area contributed by atoms with Crippen LogP contribution in [0.25, 0.3) is 16.7 Å². The molecule has 1 aliphatic rings. The summed E-state index contributed by atoms with van der Waals surface area (Å²) in [6.07, 6.45) is 3.72. The third-order valence-corrected chi connectivity index (χ3v) is 6.16. The third kappa shape index (κ3) is 4.06. The van der Waals surface area contributed by atoms with E-state index in [1.807, 2.05) is 25.1 Å². The van der Waals surface area contributed by atoms with Crippen molar-refractivity contribution < 1.29 is 9.47 Å². The maximum absolute atomic E-state index is 5.65. The predicted molar refractivity (Wildman–Crippen MR) is 129 cm³/mol. The summed E-state index contributed by atoms with van der Waals surface area (Å²) >= 11 is 0. The van der Waals surface area contributed by atoms with Crippen LogP contribution in [0.5, 0.6) is 5.75 Å². The molecule has 4 aromatic rings. The molecule has 1 N–H and O–H groups in total. The van der Waals surface area contributed by atoms with Crippen LogP contribution in [0.4, 0.5) is 11.4 Å². The monoisotopic (exact) mass is 446 g/mol. The number of fused-ring (bicyclic) bond motifs is 1. The van der Waals surface area contributed by atoms with Gasteiger partial charge in [-0.25, -0.2) is 14.6 Å². The maximum Gasteiger partial charge on any atom is 0.147 e. The summed E-state index contributed by atoms with van der Waals surface area (Å²) in [5.74, 6) is 3.01. The van der Waals surface area contributed by atoms with Crippen molar-refractivity contribution in [3.05, 3.63) is 54.4 Å². The van der Waals surface area contributed by atoms with E-state index in [9.17, 15) is 0 Å². The van der Waals surface area contributed by atoms with E-state index in [1.165, 1.54) is 0 Å². The molecule has 33 heavy (non-hydrogen) atoms. The molecule has 2 aromatic heterocycles. The van der Waals surface area contributed by atoms with Gasteiger partial charge in [0.1, 0.15) is 34.9 Å². The molecule has 1 fully saturated rings. The molecule has 0 bridgehead atoms. The minimum absolute atomic E-state index is 0.327. The maximum atomic E-state index is 5.65. The molecule has 5 rings (SSSR count). The molecule has 8 nitrogen and oxygen atoms in total. The predicted octanol–water partition coefficient (Wildman–Crippen LogP) is 5.15. The van der Waals surface area contributed by atoms with Crippen LogP contribution in [0.15, 0.2) is 42.7 Å². The Morgan fingerprint density at radius 3 is 2.67 bits per heavy atom. The highest BCUT2D eigenvalue weighted by Gasteiger charge is 2.25. The number of methoxy groups -OCH3 is 1. The van der Waals surface area contributed by atoms with Gasteiger partial charge in [0.15, 0.2) is 0 Å². The summed E-state index contributed by atoms with van der Waals surface area (Å²) in [6.45, 7) is 7.91. The molecule has 1 saturated heterocycles. The number of imidazole rings is 1. The van der Waals surface area contributed by atoms with E-state index in [4.69, 9.17) is 14.5 Å². The van der Waals surface area contributed by atoms with Crippen molar-refractivity contribution in [2.45, 2.75) is 45.6 Å². The first-order valence-electron chi connectivity index (χ1n) is 11.5. The largest absolute Gasteiger partial charge is 0.494 e. The molecular weight excluding hydrogens is 416 g/mol. The van der Waals surface area contributed by atoms with Gasteiger partial charge in [-0.15, -0.1) is 0 Å². The lowest BCUT2D eigenvalue weighted by molar-refractivity contribution is 0.0827. The lowest BCUT2D eigenvalue weighted by Gasteiger charge is -2.24. The fourth-order valence-electron chi connectivity index (χ4n) is 4.58. The van der Waals surface area contributed by atoms with E-state index in [2.05, 4.69) is 52.0 Å². The van der Waals surface area contributed by atoms with Gasteiger partial charge in [0.2, 0.25) is 0 Å². The fraction of sp³-hybridized carbons (Fsp3) is 0.400. The summed E-state index contributed by atoms with van der Waals surface area (Å²) in [5.41, 5.74) is 4.88. The number of nitrogens with zero attached hydrogens (tertiary/aromatic N) is 5. The smallest absolute Gasteiger partial charge is 0.147 e. The molecule has 0 saturated carbocycles. The Balaban J connectivity index is 1.53. The van der Waals surface area contributed by atoms with E-state index in [0.29, 0.717) is 23.5 Å². The second-order valence-corrected chi connectivity index (χ2v) is 8.74. The van der Waals surface area contributed by atoms with Gasteiger partial charge in [-0.05, 0) is 57.9 Å². The summed E-state index contributed by atoms with van der Waals surface area (Å²) in [4.78, 5) is 9.37. The topological polar surface area (TPSA) is 79.0 Å². The summed E-state index contributed by atoms with van der Waals surface area (Å²) in [5, 5.41) is 7.96. The normalized spacial score (nSPS) is 14.8. The zero-order valence-electron chi connectivity index (χ0n) is 19.6. The molecule has 172 valence electrons. The van der Waals surface area contributed by atoms with Crippen molar-refractivity contribution >= 4 is 22.4 Å². The van der Waals surface area contributed by atoms with Gasteiger partial charge in [-0.3, -0.25) is 0 Å². The van der Waals surface area contributed by atoms with Crippen LogP contribution in [0, 0.1) is 6.92 Å². The van der Waals surface area contributed by atoms with Crippen LogP contribution in [0.2, 0.25) is 0 Å². The summed E-state index contributed by atoms with van der Waals surface area (Å²) in [6, 6.07) is 12.6. The molecule has 0 atom stereocenters. The summed E-state index contributed by atoms with van der Waals surface area (Å²) < 4.78 is 15.3. The quantitative estimate of drug-likeness (QED) is 0.441. The number of nitrogens with one attached hydrogen (secondary N) is 1. The van der Waals surface area contributed by atoms with Gasteiger partial charge in [0.25, 0.3) is 0 Å². The Bertz CT molecular complexity index is 1270. The average molecular weight is 447 g/mol. The Morgan fingerprint density at radius 1 is 1.15 bits per heavy atom. The fourth-order valence-corrected chi connectivity index (χ4v) is 4.58. The summed E-state index contributed by atoms with van der Waals surface area (Å²) in [7, 11) is 1.66. The van der Waals surface area contributed by atoms with E-state index in [1.54, 1.807) is 18.1 Å². The molecule has 0 amide bonds. The molecule has 8 heteroatoms. The van der Waals surface area contributed by atoms with Gasteiger partial charge in [-0.1, -0.05) is 6.07 Å².